The van der Waals surface area contributed by atoms with Crippen LogP contribution in [0.2, 0.25) is 0 Å². The Bertz CT molecular complexity index is 887. The molecule has 144 valence electrons. The van der Waals surface area contributed by atoms with E-state index in [-0.39, 0.29) is 12.3 Å². The van der Waals surface area contributed by atoms with Gasteiger partial charge in [-0.1, -0.05) is 0 Å². The maximum Gasteiger partial charge on any atom is 0.305 e. The number of aryl methyl sites for hydroxylation is 1. The Morgan fingerprint density at radius 3 is 2.41 bits per heavy atom. The van der Waals surface area contributed by atoms with Gasteiger partial charge in [0.05, 0.1) is 26.7 Å². The zero-order valence-electron chi connectivity index (χ0n) is 16.0. The van der Waals surface area contributed by atoms with Crippen LogP contribution in [0.25, 0.3) is 0 Å². The van der Waals surface area contributed by atoms with E-state index in [1.165, 1.54) is 7.11 Å². The van der Waals surface area contributed by atoms with Gasteiger partial charge in [-0.3, -0.25) is 9.59 Å². The van der Waals surface area contributed by atoms with E-state index in [2.05, 4.69) is 0 Å². The summed E-state index contributed by atoms with van der Waals surface area (Å²) in [5.74, 6) is -0.000378. The fourth-order valence-corrected chi connectivity index (χ4v) is 3.63. The highest BCUT2D eigenvalue weighted by Crippen LogP contribution is 2.40. The number of aromatic nitrogens is 1. The van der Waals surface area contributed by atoms with Crippen LogP contribution in [0.15, 0.2) is 24.3 Å². The molecule has 1 aromatic heterocycles. The van der Waals surface area contributed by atoms with Crippen LogP contribution in [0.5, 0.6) is 11.5 Å². The van der Waals surface area contributed by atoms with Gasteiger partial charge in [0.25, 0.3) is 5.91 Å². The lowest BCUT2D eigenvalue weighted by atomic mass is 9.89. The van der Waals surface area contributed by atoms with Crippen LogP contribution < -0.4 is 9.47 Å². The van der Waals surface area contributed by atoms with Crippen molar-refractivity contribution in [2.24, 2.45) is 7.05 Å². The van der Waals surface area contributed by atoms with Crippen molar-refractivity contribution >= 4 is 11.9 Å². The number of carboxylic acid groups (broad SMARTS) is 1. The largest absolute Gasteiger partial charge is 0.493 e. The van der Waals surface area contributed by atoms with Crippen molar-refractivity contribution in [1.82, 2.24) is 9.47 Å². The van der Waals surface area contributed by atoms with Gasteiger partial charge in [-0.15, -0.1) is 0 Å². The first-order valence-electron chi connectivity index (χ1n) is 8.77. The highest BCUT2D eigenvalue weighted by Gasteiger charge is 2.34. The molecule has 7 nitrogen and oxygen atoms in total. The number of amides is 1. The minimum Gasteiger partial charge on any atom is -0.493 e. The van der Waals surface area contributed by atoms with Crippen LogP contribution in [0, 0.1) is 6.92 Å². The van der Waals surface area contributed by atoms with E-state index in [9.17, 15) is 14.7 Å². The molecule has 1 atom stereocenters. The Balaban J connectivity index is 2.05. The van der Waals surface area contributed by atoms with Gasteiger partial charge in [0.1, 0.15) is 5.69 Å². The van der Waals surface area contributed by atoms with Crippen molar-refractivity contribution in [3.05, 3.63) is 46.8 Å². The molecule has 1 aliphatic rings. The summed E-state index contributed by atoms with van der Waals surface area (Å²) in [7, 11) is 4.94. The van der Waals surface area contributed by atoms with Gasteiger partial charge < -0.3 is 24.0 Å². The molecule has 0 saturated heterocycles. The van der Waals surface area contributed by atoms with Crippen LogP contribution in [0.4, 0.5) is 0 Å². The maximum absolute atomic E-state index is 13.2. The predicted molar refractivity (Wildman–Crippen MR) is 99.4 cm³/mol. The third kappa shape index (κ3) is 3.37. The Kier molecular flexibility index (Phi) is 5.12. The van der Waals surface area contributed by atoms with E-state index < -0.39 is 12.0 Å². The topological polar surface area (TPSA) is 81.0 Å². The second-order valence-corrected chi connectivity index (χ2v) is 6.69. The van der Waals surface area contributed by atoms with E-state index in [0.29, 0.717) is 30.2 Å². The molecule has 0 aliphatic carbocycles. The van der Waals surface area contributed by atoms with Gasteiger partial charge in [0.2, 0.25) is 0 Å². The highest BCUT2D eigenvalue weighted by molar-refractivity contribution is 5.93. The second kappa shape index (κ2) is 7.34. The van der Waals surface area contributed by atoms with Crippen LogP contribution in [-0.4, -0.2) is 47.2 Å². The number of carbonyl (C=O) groups is 2. The number of ether oxygens (including phenoxy) is 2. The summed E-state index contributed by atoms with van der Waals surface area (Å²) in [4.78, 5) is 26.4. The number of carbonyl (C=O) groups excluding carboxylic acids is 1. The molecule has 0 spiro atoms. The molecule has 2 heterocycles. The van der Waals surface area contributed by atoms with Crippen molar-refractivity contribution in [2.75, 3.05) is 20.8 Å². The number of methoxy groups -OCH3 is 2. The minimum absolute atomic E-state index is 0.169. The van der Waals surface area contributed by atoms with E-state index in [1.54, 1.807) is 24.1 Å². The third-order valence-electron chi connectivity index (χ3n) is 5.22. The quantitative estimate of drug-likeness (QED) is 0.872. The zero-order valence-corrected chi connectivity index (χ0v) is 16.0. The molecule has 0 fully saturated rings. The average Bonchev–Trinajstić information content (AvgIpc) is 2.98. The molecule has 0 radical (unpaired) electrons. The number of aliphatic carboxylic acids is 1. The first-order valence-corrected chi connectivity index (χ1v) is 8.77. The van der Waals surface area contributed by atoms with Crippen LogP contribution in [-0.2, 0) is 18.3 Å². The molecule has 1 aromatic carbocycles. The normalized spacial score (nSPS) is 16.0. The molecule has 1 unspecified atom stereocenters. The van der Waals surface area contributed by atoms with Crippen molar-refractivity contribution in [3.63, 3.8) is 0 Å². The molecule has 1 amide bonds. The molecular formula is C20H24N2O5. The summed E-state index contributed by atoms with van der Waals surface area (Å²) >= 11 is 0. The summed E-state index contributed by atoms with van der Waals surface area (Å²) in [5.41, 5.74) is 3.29. The summed E-state index contributed by atoms with van der Waals surface area (Å²) in [6.07, 6.45) is 0.457. The standard InChI is InChI=1S/C20H24N2O5/c1-12-5-6-15(21(12)2)20(25)22-8-7-13-9-17(26-3)18(27-4)10-14(13)16(22)11-19(23)24/h5-6,9-10,16H,7-8,11H2,1-4H3,(H,23,24). The minimum atomic E-state index is -0.955. The van der Waals surface area contributed by atoms with Crippen LogP contribution in [0.3, 0.4) is 0 Å². The molecule has 7 heteroatoms. The van der Waals surface area contributed by atoms with Gasteiger partial charge in [0.15, 0.2) is 11.5 Å². The average molecular weight is 372 g/mol. The van der Waals surface area contributed by atoms with Crippen molar-refractivity contribution in [3.8, 4) is 11.5 Å². The van der Waals surface area contributed by atoms with E-state index >= 15 is 0 Å². The predicted octanol–water partition coefficient (Wildman–Crippen LogP) is 2.57. The van der Waals surface area contributed by atoms with Gasteiger partial charge in [0, 0.05) is 19.3 Å². The fraction of sp³-hybridized carbons (Fsp3) is 0.400. The molecule has 0 saturated carbocycles. The van der Waals surface area contributed by atoms with E-state index in [1.807, 2.05) is 30.7 Å². The zero-order chi connectivity index (χ0) is 19.7. The molecule has 1 N–H and O–H groups in total. The van der Waals surface area contributed by atoms with E-state index in [4.69, 9.17) is 9.47 Å². The second-order valence-electron chi connectivity index (χ2n) is 6.69. The fourth-order valence-electron chi connectivity index (χ4n) is 3.63. The summed E-state index contributed by atoms with van der Waals surface area (Å²) in [6, 6.07) is 6.76. The molecule has 1 aliphatic heterocycles. The van der Waals surface area contributed by atoms with E-state index in [0.717, 1.165) is 16.8 Å². The van der Waals surface area contributed by atoms with Crippen LogP contribution >= 0.6 is 0 Å². The Hall–Kier alpha value is -2.96. The highest BCUT2D eigenvalue weighted by atomic mass is 16.5. The molecule has 0 bridgehead atoms. The Morgan fingerprint density at radius 2 is 1.85 bits per heavy atom. The summed E-state index contributed by atoms with van der Waals surface area (Å²) in [6.45, 7) is 2.37. The van der Waals surface area contributed by atoms with Crippen molar-refractivity contribution in [2.45, 2.75) is 25.8 Å². The third-order valence-corrected chi connectivity index (χ3v) is 5.22. The lowest BCUT2D eigenvalue weighted by Crippen LogP contribution is -2.41. The van der Waals surface area contributed by atoms with Gasteiger partial charge in [-0.2, -0.15) is 0 Å². The van der Waals surface area contributed by atoms with Crippen molar-refractivity contribution in [1.29, 1.82) is 0 Å². The first kappa shape index (κ1) is 18.8. The van der Waals surface area contributed by atoms with Gasteiger partial charge >= 0.3 is 5.97 Å². The monoisotopic (exact) mass is 372 g/mol. The Labute approximate surface area is 158 Å². The van der Waals surface area contributed by atoms with Crippen molar-refractivity contribution < 1.29 is 24.2 Å². The molecule has 27 heavy (non-hydrogen) atoms. The smallest absolute Gasteiger partial charge is 0.305 e. The molecule has 3 rings (SSSR count). The SMILES string of the molecule is COc1cc2c(cc1OC)C(CC(=O)O)N(C(=O)c1ccc(C)n1C)CC2. The number of rotatable bonds is 5. The van der Waals surface area contributed by atoms with Crippen LogP contribution in [0.1, 0.15) is 39.8 Å². The number of fused-ring (bicyclic) bond motifs is 1. The summed E-state index contributed by atoms with van der Waals surface area (Å²) in [5, 5.41) is 9.45. The number of hydrogen-bond acceptors (Lipinski definition) is 4. The van der Waals surface area contributed by atoms with Gasteiger partial charge in [-0.25, -0.2) is 0 Å². The number of nitrogens with zero attached hydrogens (tertiary/aromatic N) is 2. The molecule has 2 aromatic rings. The first-order chi connectivity index (χ1) is 12.9. The molecular weight excluding hydrogens is 348 g/mol. The number of benzene rings is 1. The number of hydrogen-bond donors (Lipinski definition) is 1. The lowest BCUT2D eigenvalue weighted by molar-refractivity contribution is -0.138. The maximum atomic E-state index is 13.2. The van der Waals surface area contributed by atoms with Gasteiger partial charge in [-0.05, 0) is 48.7 Å². The summed E-state index contributed by atoms with van der Waals surface area (Å²) < 4.78 is 12.6. The number of carboxylic acids is 1. The lowest BCUT2D eigenvalue weighted by Gasteiger charge is -2.37. The Morgan fingerprint density at radius 1 is 1.19 bits per heavy atom.